The number of carbonyl (C=O) groups excluding carboxylic acids is 1. The van der Waals surface area contributed by atoms with E-state index in [1.54, 1.807) is 21.3 Å². The molecule has 0 N–H and O–H groups in total. The van der Waals surface area contributed by atoms with E-state index < -0.39 is 5.60 Å². The largest absolute Gasteiger partial charge is 0.493 e. The van der Waals surface area contributed by atoms with Crippen molar-refractivity contribution in [1.82, 2.24) is 9.88 Å². The predicted molar refractivity (Wildman–Crippen MR) is 158 cm³/mol. The van der Waals surface area contributed by atoms with E-state index >= 15 is 0 Å². The molecular formula is C32H41N3O5. The first-order chi connectivity index (χ1) is 19.1. The third-order valence-corrected chi connectivity index (χ3v) is 7.06. The first kappa shape index (κ1) is 29.1. The number of likely N-dealkylation sites (tertiary alicyclic amines) is 1. The molecule has 2 heterocycles. The summed E-state index contributed by atoms with van der Waals surface area (Å²) in [5.74, 6) is 1.72. The minimum Gasteiger partial charge on any atom is -0.493 e. The second-order valence-corrected chi connectivity index (χ2v) is 11.1. The lowest BCUT2D eigenvalue weighted by Crippen LogP contribution is -2.48. The first-order valence-corrected chi connectivity index (χ1v) is 13.7. The van der Waals surface area contributed by atoms with Gasteiger partial charge in [0, 0.05) is 43.1 Å². The highest BCUT2D eigenvalue weighted by molar-refractivity contribution is 5.69. The number of piperidine rings is 1. The Morgan fingerprint density at radius 1 is 0.950 bits per heavy atom. The quantitative estimate of drug-likeness (QED) is 0.319. The molecule has 4 rings (SSSR count). The normalized spacial score (nSPS) is 14.0. The van der Waals surface area contributed by atoms with Gasteiger partial charge in [0.1, 0.15) is 5.60 Å². The summed E-state index contributed by atoms with van der Waals surface area (Å²) in [5, 5.41) is 0. The second-order valence-electron chi connectivity index (χ2n) is 11.1. The topological polar surface area (TPSA) is 73.4 Å². The summed E-state index contributed by atoms with van der Waals surface area (Å²) < 4.78 is 22.2. The molecule has 1 fully saturated rings. The summed E-state index contributed by atoms with van der Waals surface area (Å²) in [6.07, 6.45) is 3.32. The van der Waals surface area contributed by atoms with Crippen molar-refractivity contribution in [2.24, 2.45) is 0 Å². The monoisotopic (exact) mass is 547 g/mol. The van der Waals surface area contributed by atoms with E-state index in [1.807, 2.05) is 44.0 Å². The minimum absolute atomic E-state index is 0.239. The van der Waals surface area contributed by atoms with E-state index in [2.05, 4.69) is 53.2 Å². The van der Waals surface area contributed by atoms with Gasteiger partial charge in [-0.1, -0.05) is 17.7 Å². The molecule has 1 aliphatic heterocycles. The van der Waals surface area contributed by atoms with Crippen molar-refractivity contribution in [2.45, 2.75) is 58.7 Å². The Labute approximate surface area is 237 Å². The van der Waals surface area contributed by atoms with E-state index in [-0.39, 0.29) is 12.1 Å². The Balaban J connectivity index is 1.59. The van der Waals surface area contributed by atoms with Crippen LogP contribution < -0.4 is 19.1 Å². The lowest BCUT2D eigenvalue weighted by atomic mass is 10.0. The van der Waals surface area contributed by atoms with Crippen molar-refractivity contribution in [1.29, 1.82) is 0 Å². The summed E-state index contributed by atoms with van der Waals surface area (Å²) >= 11 is 0. The predicted octanol–water partition coefficient (Wildman–Crippen LogP) is 6.49. The molecule has 8 heteroatoms. The Bertz CT molecular complexity index is 1270. The van der Waals surface area contributed by atoms with Crippen molar-refractivity contribution >= 4 is 11.8 Å². The maximum atomic E-state index is 12.7. The molecule has 214 valence electrons. The zero-order chi connectivity index (χ0) is 28.9. The Morgan fingerprint density at radius 2 is 1.57 bits per heavy atom. The summed E-state index contributed by atoms with van der Waals surface area (Å²) in [6.45, 7) is 9.83. The third kappa shape index (κ3) is 6.97. The van der Waals surface area contributed by atoms with E-state index in [0.717, 1.165) is 35.3 Å². The van der Waals surface area contributed by atoms with Gasteiger partial charge in [0.25, 0.3) is 0 Å². The fourth-order valence-corrected chi connectivity index (χ4v) is 5.01. The van der Waals surface area contributed by atoms with E-state index in [1.165, 1.54) is 5.56 Å². The second kappa shape index (κ2) is 12.5. The molecule has 1 aliphatic rings. The number of hydrogen-bond donors (Lipinski definition) is 0. The number of amides is 1. The number of benzene rings is 2. The number of hydrogen-bond acceptors (Lipinski definition) is 7. The van der Waals surface area contributed by atoms with Crippen LogP contribution in [0, 0.1) is 6.92 Å². The molecule has 3 aromatic rings. The fourth-order valence-electron chi connectivity index (χ4n) is 5.01. The van der Waals surface area contributed by atoms with Crippen LogP contribution in [0.25, 0.3) is 11.3 Å². The van der Waals surface area contributed by atoms with Crippen molar-refractivity contribution in [3.63, 3.8) is 0 Å². The molecule has 8 nitrogen and oxygen atoms in total. The van der Waals surface area contributed by atoms with Gasteiger partial charge in [-0.3, -0.25) is 4.98 Å². The summed E-state index contributed by atoms with van der Waals surface area (Å²) in [6, 6.07) is 16.9. The number of nitrogens with zero attached hydrogens (tertiary/aromatic N) is 3. The Kier molecular flexibility index (Phi) is 9.07. The molecule has 0 aliphatic carbocycles. The van der Waals surface area contributed by atoms with Crippen LogP contribution in [0.5, 0.6) is 17.2 Å². The number of aromatic nitrogens is 1. The lowest BCUT2D eigenvalue weighted by molar-refractivity contribution is 0.0204. The van der Waals surface area contributed by atoms with E-state index in [9.17, 15) is 4.79 Å². The zero-order valence-corrected chi connectivity index (χ0v) is 24.7. The summed E-state index contributed by atoms with van der Waals surface area (Å²) in [7, 11) is 4.81. The van der Waals surface area contributed by atoms with Gasteiger partial charge < -0.3 is 28.7 Å². The highest BCUT2D eigenvalue weighted by Crippen LogP contribution is 2.41. The molecule has 0 spiro atoms. The SMILES string of the molecule is COc1cc(-c2cc(CN(c3ccc(C)cc3)C3CCN(C(=O)OC(C)(C)C)CC3)ccn2)cc(OC)c1OC. The molecule has 0 atom stereocenters. The molecule has 0 radical (unpaired) electrons. The molecule has 1 amide bonds. The average molecular weight is 548 g/mol. The van der Waals surface area contributed by atoms with Gasteiger partial charge in [-0.05, 0) is 82.5 Å². The average Bonchev–Trinajstić information content (AvgIpc) is 2.95. The van der Waals surface area contributed by atoms with Gasteiger partial charge in [0.15, 0.2) is 11.5 Å². The van der Waals surface area contributed by atoms with Gasteiger partial charge in [-0.25, -0.2) is 4.79 Å². The van der Waals surface area contributed by atoms with Crippen LogP contribution in [0.3, 0.4) is 0 Å². The number of carbonyl (C=O) groups is 1. The summed E-state index contributed by atoms with van der Waals surface area (Å²) in [5.41, 5.74) is 4.71. The first-order valence-electron chi connectivity index (χ1n) is 13.7. The van der Waals surface area contributed by atoms with Gasteiger partial charge in [0.2, 0.25) is 5.75 Å². The number of aryl methyl sites for hydroxylation is 1. The van der Waals surface area contributed by atoms with Gasteiger partial charge in [0.05, 0.1) is 27.0 Å². The molecule has 2 aromatic carbocycles. The van der Waals surface area contributed by atoms with E-state index in [0.29, 0.717) is 36.9 Å². The van der Waals surface area contributed by atoms with E-state index in [4.69, 9.17) is 18.9 Å². The van der Waals surface area contributed by atoms with Gasteiger partial charge in [-0.15, -0.1) is 0 Å². The molecule has 0 unspecified atom stereocenters. The highest BCUT2D eigenvalue weighted by atomic mass is 16.6. The molecule has 1 aromatic heterocycles. The Hall–Kier alpha value is -3.94. The van der Waals surface area contributed by atoms with Crippen LogP contribution in [0.15, 0.2) is 54.7 Å². The van der Waals surface area contributed by atoms with Crippen molar-refractivity contribution in [2.75, 3.05) is 39.3 Å². The number of ether oxygens (including phenoxy) is 4. The minimum atomic E-state index is -0.501. The molecule has 0 bridgehead atoms. The molecule has 1 saturated heterocycles. The van der Waals surface area contributed by atoms with Crippen LogP contribution in [0.2, 0.25) is 0 Å². The number of pyridine rings is 1. The summed E-state index contributed by atoms with van der Waals surface area (Å²) in [4.78, 5) is 21.6. The van der Waals surface area contributed by atoms with Crippen LogP contribution in [-0.4, -0.2) is 62.0 Å². The van der Waals surface area contributed by atoms with Crippen LogP contribution in [0.4, 0.5) is 10.5 Å². The number of rotatable bonds is 8. The van der Waals surface area contributed by atoms with Gasteiger partial charge >= 0.3 is 6.09 Å². The number of methoxy groups -OCH3 is 3. The maximum Gasteiger partial charge on any atom is 0.410 e. The highest BCUT2D eigenvalue weighted by Gasteiger charge is 2.30. The lowest BCUT2D eigenvalue weighted by Gasteiger charge is -2.40. The van der Waals surface area contributed by atoms with Crippen molar-refractivity contribution in [3.8, 4) is 28.5 Å². The van der Waals surface area contributed by atoms with Crippen molar-refractivity contribution in [3.05, 3.63) is 65.9 Å². The number of anilines is 1. The van der Waals surface area contributed by atoms with Crippen LogP contribution in [-0.2, 0) is 11.3 Å². The molecule has 0 saturated carbocycles. The van der Waals surface area contributed by atoms with Crippen LogP contribution in [0.1, 0.15) is 44.7 Å². The van der Waals surface area contributed by atoms with Crippen molar-refractivity contribution < 1.29 is 23.7 Å². The van der Waals surface area contributed by atoms with Gasteiger partial charge in [-0.2, -0.15) is 0 Å². The molecule has 40 heavy (non-hydrogen) atoms. The third-order valence-electron chi connectivity index (χ3n) is 7.06. The Morgan fingerprint density at radius 3 is 2.12 bits per heavy atom. The molecular weight excluding hydrogens is 506 g/mol. The maximum absolute atomic E-state index is 12.7. The fraction of sp³-hybridized carbons (Fsp3) is 0.438. The zero-order valence-electron chi connectivity index (χ0n) is 24.7. The van der Waals surface area contributed by atoms with Crippen LogP contribution >= 0.6 is 0 Å². The standard InChI is InChI=1S/C32H41N3O5/c1-22-8-10-25(11-9-22)35(26-13-16-34(17-14-26)31(36)40-32(2,3)4)21-23-12-15-33-27(18-23)24-19-28(37-5)30(39-7)29(20-24)38-6/h8-12,15,18-20,26H,13-14,16-17,21H2,1-7H3. The smallest absolute Gasteiger partial charge is 0.410 e.